The number of rotatable bonds is 0. The second-order valence-corrected chi connectivity index (χ2v) is 0.996. The number of amides is 1. The Balaban J connectivity index is 0.000000360. The number of hydrogen-bond donors (Lipinski definition) is 0. The van der Waals surface area contributed by atoms with Crippen LogP contribution in [0.3, 0.4) is 0 Å². The van der Waals surface area contributed by atoms with E-state index in [1.165, 1.54) is 0 Å². The molecule has 1 saturated heterocycles. The van der Waals surface area contributed by atoms with Gasteiger partial charge in [0.2, 0.25) is 6.09 Å². The van der Waals surface area contributed by atoms with E-state index in [0.29, 0.717) is 13.2 Å². The maximum atomic E-state index is 9.85. The molecule has 7 heavy (non-hydrogen) atoms. The van der Waals surface area contributed by atoms with Crippen LogP contribution in [0.2, 0.25) is 0 Å². The zero-order chi connectivity index (χ0) is 4.41. The molecule has 1 rings (SSSR count). The van der Waals surface area contributed by atoms with E-state index in [1.807, 2.05) is 0 Å². The first-order valence-electron chi connectivity index (χ1n) is 1.74. The van der Waals surface area contributed by atoms with Crippen molar-refractivity contribution in [2.75, 3.05) is 13.2 Å². The molecule has 1 fully saturated rings. The second-order valence-electron chi connectivity index (χ2n) is 0.996. The van der Waals surface area contributed by atoms with Crippen LogP contribution in [0.4, 0.5) is 4.79 Å². The summed E-state index contributed by atoms with van der Waals surface area (Å²) in [4.78, 5) is 9.85. The minimum absolute atomic E-state index is 0. The Kier molecular flexibility index (Phi) is 3.42. The molecule has 0 aliphatic carbocycles. The summed E-state index contributed by atoms with van der Waals surface area (Å²) in [6, 6.07) is 0. The quantitative estimate of drug-likeness (QED) is 0.323. The van der Waals surface area contributed by atoms with E-state index >= 15 is 0 Å². The molecule has 3 nitrogen and oxygen atoms in total. The van der Waals surface area contributed by atoms with Gasteiger partial charge in [-0.1, -0.05) is 6.54 Å². The van der Waals surface area contributed by atoms with Gasteiger partial charge in [-0.3, -0.25) is 4.79 Å². The topological polar surface area (TPSA) is 40.4 Å². The van der Waals surface area contributed by atoms with Crippen molar-refractivity contribution in [2.24, 2.45) is 0 Å². The molecule has 4 heteroatoms. The fourth-order valence-corrected chi connectivity index (χ4v) is 0.316. The normalized spacial score (nSPS) is 16.9. The van der Waals surface area contributed by atoms with Crippen molar-refractivity contribution < 1.29 is 39.1 Å². The molecule has 0 saturated carbocycles. The summed E-state index contributed by atoms with van der Waals surface area (Å²) in [6.07, 6.45) is -0.421. The van der Waals surface area contributed by atoms with Crippen LogP contribution in [0, 0.1) is 0 Å². The Morgan fingerprint density at radius 2 is 2.43 bits per heavy atom. The van der Waals surface area contributed by atoms with E-state index in [0.717, 1.165) is 0 Å². The molecular formula is C3H4NNaO2. The SMILES string of the molecule is O=C1[N-]CCO1.[Na+]. The third kappa shape index (κ3) is 2.16. The van der Waals surface area contributed by atoms with Crippen molar-refractivity contribution in [1.29, 1.82) is 0 Å². The Bertz CT molecular complexity index is 67.3. The van der Waals surface area contributed by atoms with Crippen molar-refractivity contribution in [2.45, 2.75) is 0 Å². The summed E-state index contributed by atoms with van der Waals surface area (Å²) in [6.45, 7) is 1.01. The van der Waals surface area contributed by atoms with Crippen LogP contribution in [-0.4, -0.2) is 19.2 Å². The van der Waals surface area contributed by atoms with Crippen molar-refractivity contribution in [3.8, 4) is 0 Å². The molecule has 0 aromatic heterocycles. The van der Waals surface area contributed by atoms with Gasteiger partial charge in [0.15, 0.2) is 0 Å². The van der Waals surface area contributed by atoms with Gasteiger partial charge in [0.25, 0.3) is 0 Å². The molecule has 0 aromatic rings. The first-order chi connectivity index (χ1) is 2.89. The number of hydrogen-bond acceptors (Lipinski definition) is 2. The first-order valence-corrected chi connectivity index (χ1v) is 1.74. The molecule has 34 valence electrons. The zero-order valence-corrected chi connectivity index (χ0v) is 6.18. The van der Waals surface area contributed by atoms with Gasteiger partial charge in [-0.2, -0.15) is 0 Å². The zero-order valence-electron chi connectivity index (χ0n) is 4.18. The Morgan fingerprint density at radius 1 is 1.71 bits per heavy atom. The van der Waals surface area contributed by atoms with E-state index in [2.05, 4.69) is 10.1 Å². The predicted molar refractivity (Wildman–Crippen MR) is 19.6 cm³/mol. The number of cyclic esters (lactones) is 1. The van der Waals surface area contributed by atoms with Gasteiger partial charge in [-0.25, -0.2) is 0 Å². The van der Waals surface area contributed by atoms with Gasteiger partial charge in [0.1, 0.15) is 0 Å². The summed E-state index contributed by atoms with van der Waals surface area (Å²) in [5, 5.41) is 3.38. The molecule has 0 aromatic carbocycles. The minimum atomic E-state index is -0.421. The average molecular weight is 109 g/mol. The van der Waals surface area contributed by atoms with Crippen LogP contribution in [-0.2, 0) is 4.74 Å². The van der Waals surface area contributed by atoms with Gasteiger partial charge < -0.3 is 10.1 Å². The third-order valence-electron chi connectivity index (χ3n) is 0.558. The summed E-state index contributed by atoms with van der Waals surface area (Å²) in [5.74, 6) is 0. The first kappa shape index (κ1) is 7.27. The van der Waals surface area contributed by atoms with Crippen LogP contribution >= 0.6 is 0 Å². The molecule has 0 spiro atoms. The van der Waals surface area contributed by atoms with Gasteiger partial charge in [-0.15, -0.1) is 0 Å². The van der Waals surface area contributed by atoms with E-state index in [9.17, 15) is 4.79 Å². The largest absolute Gasteiger partial charge is 1.00 e. The maximum Gasteiger partial charge on any atom is 1.00 e. The number of ether oxygens (including phenoxy) is 1. The van der Waals surface area contributed by atoms with Crippen LogP contribution in [0.5, 0.6) is 0 Å². The molecule has 0 bridgehead atoms. The number of nitrogens with zero attached hydrogens (tertiary/aromatic N) is 1. The minimum Gasteiger partial charge on any atom is -0.615 e. The standard InChI is InChI=1S/C3H5NO2.Na/c5-3-4-1-2-6-3;/h1-2H2,(H,4,5);/q;+1/p-1. The molecular weight excluding hydrogens is 105 g/mol. The van der Waals surface area contributed by atoms with Crippen LogP contribution in [0.15, 0.2) is 0 Å². The molecule has 1 aliphatic rings. The summed E-state index contributed by atoms with van der Waals surface area (Å²) < 4.78 is 4.35. The van der Waals surface area contributed by atoms with Crippen molar-refractivity contribution in [3.05, 3.63) is 5.32 Å². The molecule has 0 atom stereocenters. The fourth-order valence-electron chi connectivity index (χ4n) is 0.316. The van der Waals surface area contributed by atoms with Crippen molar-refractivity contribution in [1.82, 2.24) is 0 Å². The summed E-state index contributed by atoms with van der Waals surface area (Å²) in [7, 11) is 0. The predicted octanol–water partition coefficient (Wildman–Crippen LogP) is -2.49. The Labute approximate surface area is 63.7 Å². The molecule has 0 N–H and O–H groups in total. The van der Waals surface area contributed by atoms with Crippen LogP contribution in [0.1, 0.15) is 0 Å². The van der Waals surface area contributed by atoms with Gasteiger partial charge in [0.05, 0.1) is 6.61 Å². The van der Waals surface area contributed by atoms with Gasteiger partial charge in [-0.05, 0) is 0 Å². The van der Waals surface area contributed by atoms with E-state index in [4.69, 9.17) is 0 Å². The number of carbonyl (C=O) groups is 1. The maximum absolute atomic E-state index is 9.85. The van der Waals surface area contributed by atoms with E-state index in [1.54, 1.807) is 0 Å². The van der Waals surface area contributed by atoms with Crippen LogP contribution in [0.25, 0.3) is 5.32 Å². The molecule has 0 radical (unpaired) electrons. The molecule has 1 amide bonds. The van der Waals surface area contributed by atoms with Gasteiger partial charge >= 0.3 is 29.6 Å². The molecule has 0 unspecified atom stereocenters. The number of carbonyl (C=O) groups excluding carboxylic acids is 1. The fraction of sp³-hybridized carbons (Fsp3) is 0.667. The summed E-state index contributed by atoms with van der Waals surface area (Å²) >= 11 is 0. The van der Waals surface area contributed by atoms with Crippen LogP contribution < -0.4 is 29.6 Å². The smallest absolute Gasteiger partial charge is 0.615 e. The van der Waals surface area contributed by atoms with Crippen molar-refractivity contribution >= 4 is 6.09 Å². The van der Waals surface area contributed by atoms with E-state index in [-0.39, 0.29) is 29.6 Å². The van der Waals surface area contributed by atoms with Gasteiger partial charge in [0, 0.05) is 0 Å². The second kappa shape index (κ2) is 3.29. The monoisotopic (exact) mass is 109 g/mol. The molecule has 1 aliphatic heterocycles. The summed E-state index contributed by atoms with van der Waals surface area (Å²) in [5.41, 5.74) is 0. The third-order valence-corrected chi connectivity index (χ3v) is 0.558. The average Bonchev–Trinajstić information content (AvgIpc) is 1.86. The van der Waals surface area contributed by atoms with Crippen molar-refractivity contribution in [3.63, 3.8) is 0 Å². The Morgan fingerprint density at radius 3 is 2.57 bits per heavy atom. The Hall–Kier alpha value is 0.270. The van der Waals surface area contributed by atoms with E-state index < -0.39 is 6.09 Å². The molecule has 1 heterocycles.